The van der Waals surface area contributed by atoms with Gasteiger partial charge in [0, 0.05) is 12.4 Å². The van der Waals surface area contributed by atoms with E-state index in [1.54, 1.807) is 29.6 Å². The first-order valence-electron chi connectivity index (χ1n) is 6.31. The van der Waals surface area contributed by atoms with Gasteiger partial charge < -0.3 is 10.0 Å². The molecule has 3 heterocycles. The highest BCUT2D eigenvalue weighted by Gasteiger charge is 2.21. The van der Waals surface area contributed by atoms with Crippen molar-refractivity contribution in [2.75, 3.05) is 11.2 Å². The number of nitrogens with zero attached hydrogens (tertiary/aromatic N) is 4. The van der Waals surface area contributed by atoms with Gasteiger partial charge in [0.1, 0.15) is 16.4 Å². The molecule has 0 fully saturated rings. The van der Waals surface area contributed by atoms with Gasteiger partial charge in [-0.2, -0.15) is 0 Å². The minimum atomic E-state index is -0.756. The van der Waals surface area contributed by atoms with Gasteiger partial charge in [-0.25, -0.2) is 19.3 Å². The zero-order valence-corrected chi connectivity index (χ0v) is 14.0. The molecule has 0 saturated carbocycles. The summed E-state index contributed by atoms with van der Waals surface area (Å²) in [6.45, 7) is 0. The van der Waals surface area contributed by atoms with Gasteiger partial charge in [-0.1, -0.05) is 35.0 Å². The Balaban J connectivity index is 2.32. The Morgan fingerprint density at radius 2 is 1.96 bits per heavy atom. The molecular weight excluding hydrogens is 362 g/mol. The second kappa shape index (κ2) is 6.35. The number of pyridine rings is 1. The fraction of sp³-hybridized carbons (Fsp3) is 0.0714. The van der Waals surface area contributed by atoms with Crippen molar-refractivity contribution in [2.45, 2.75) is 5.16 Å². The van der Waals surface area contributed by atoms with Crippen molar-refractivity contribution in [3.05, 3.63) is 52.5 Å². The molecule has 0 unspecified atom stereocenters. The lowest BCUT2D eigenvalue weighted by Crippen LogP contribution is -2.11. The van der Waals surface area contributed by atoms with E-state index in [1.807, 2.05) is 0 Å². The number of rotatable bonds is 2. The second-order valence-electron chi connectivity index (χ2n) is 4.42. The average molecular weight is 371 g/mol. The van der Waals surface area contributed by atoms with Crippen molar-refractivity contribution < 1.29 is 9.50 Å². The van der Waals surface area contributed by atoms with Crippen LogP contribution in [0.1, 0.15) is 0 Å². The number of aromatic nitrogens is 3. The van der Waals surface area contributed by atoms with Crippen LogP contribution in [0.4, 0.5) is 10.2 Å². The van der Waals surface area contributed by atoms with Gasteiger partial charge in [-0.3, -0.25) is 0 Å². The largest absolute Gasteiger partial charge is 0.508 e. The number of thioether (sulfide) groups is 1. The Hall–Kier alpha value is -1.83. The molecule has 118 valence electrons. The third kappa shape index (κ3) is 2.99. The van der Waals surface area contributed by atoms with Gasteiger partial charge in [0.25, 0.3) is 0 Å². The fourth-order valence-electron chi connectivity index (χ4n) is 1.98. The molecule has 1 N–H and O–H groups in total. The maximum atomic E-state index is 14.3. The molecule has 0 atom stereocenters. The van der Waals surface area contributed by atoms with E-state index in [4.69, 9.17) is 23.2 Å². The number of aliphatic hydroxyl groups is 1. The first kappa shape index (κ1) is 16.0. The van der Waals surface area contributed by atoms with E-state index in [9.17, 15) is 9.50 Å². The molecular formula is C14H9Cl2FN4OS. The Labute approximate surface area is 145 Å². The summed E-state index contributed by atoms with van der Waals surface area (Å²) in [4.78, 5) is 13.9. The number of anilines is 1. The number of allylic oxidation sites excluding steroid dienone is 3. The minimum Gasteiger partial charge on any atom is -0.508 e. The van der Waals surface area contributed by atoms with Crippen molar-refractivity contribution in [1.29, 1.82) is 0 Å². The molecule has 2 aromatic heterocycles. The fourth-order valence-corrected chi connectivity index (χ4v) is 2.82. The Bertz CT molecular complexity index is 885. The first-order chi connectivity index (χ1) is 11.0. The lowest BCUT2D eigenvalue weighted by molar-refractivity contribution is 0.432. The summed E-state index contributed by atoms with van der Waals surface area (Å²) in [5, 5.41) is 9.79. The van der Waals surface area contributed by atoms with Crippen LogP contribution in [0.2, 0.25) is 10.3 Å². The van der Waals surface area contributed by atoms with Crippen molar-refractivity contribution >= 4 is 51.7 Å². The van der Waals surface area contributed by atoms with Crippen molar-refractivity contribution in [3.8, 4) is 0 Å². The van der Waals surface area contributed by atoms with E-state index >= 15 is 0 Å². The number of hydrogen-bond acceptors (Lipinski definition) is 6. The van der Waals surface area contributed by atoms with Crippen molar-refractivity contribution in [2.24, 2.45) is 0 Å². The highest BCUT2D eigenvalue weighted by molar-refractivity contribution is 7.98. The zero-order valence-electron chi connectivity index (χ0n) is 11.7. The third-order valence-electron chi connectivity index (χ3n) is 3.01. The van der Waals surface area contributed by atoms with Crippen LogP contribution < -0.4 is 4.90 Å². The van der Waals surface area contributed by atoms with Gasteiger partial charge >= 0.3 is 0 Å². The second-order valence-corrected chi connectivity index (χ2v) is 5.91. The molecule has 23 heavy (non-hydrogen) atoms. The molecule has 0 saturated heterocycles. The average Bonchev–Trinajstić information content (AvgIpc) is 2.76. The monoisotopic (exact) mass is 370 g/mol. The van der Waals surface area contributed by atoms with E-state index in [1.165, 1.54) is 23.9 Å². The van der Waals surface area contributed by atoms with Crippen LogP contribution in [0.15, 0.2) is 41.5 Å². The Morgan fingerprint density at radius 1 is 1.17 bits per heavy atom. The first-order valence-corrected chi connectivity index (χ1v) is 8.29. The van der Waals surface area contributed by atoms with Crippen LogP contribution >= 0.6 is 35.0 Å². The number of hydrogen-bond donors (Lipinski definition) is 1. The van der Waals surface area contributed by atoms with Gasteiger partial charge in [-0.05, 0) is 24.5 Å². The molecule has 3 rings (SSSR count). The maximum absolute atomic E-state index is 14.3. The van der Waals surface area contributed by atoms with Crippen LogP contribution in [0.3, 0.4) is 0 Å². The maximum Gasteiger partial charge on any atom is 0.189 e. The molecule has 1 aliphatic heterocycles. The molecule has 0 amide bonds. The van der Waals surface area contributed by atoms with Crippen LogP contribution in [0.5, 0.6) is 0 Å². The molecule has 0 aromatic carbocycles. The van der Waals surface area contributed by atoms with Gasteiger partial charge in [0.15, 0.2) is 21.9 Å². The predicted molar refractivity (Wildman–Crippen MR) is 90.6 cm³/mol. The summed E-state index contributed by atoms with van der Waals surface area (Å²) in [6.07, 6.45) is 9.59. The molecule has 0 spiro atoms. The summed E-state index contributed by atoms with van der Waals surface area (Å²) in [7, 11) is 0. The summed E-state index contributed by atoms with van der Waals surface area (Å²) < 4.78 is 14.3. The third-order valence-corrected chi connectivity index (χ3v) is 4.08. The predicted octanol–water partition coefficient (Wildman–Crippen LogP) is 4.48. The van der Waals surface area contributed by atoms with E-state index in [2.05, 4.69) is 15.0 Å². The van der Waals surface area contributed by atoms with E-state index in [-0.39, 0.29) is 27.0 Å². The number of fused-ring (bicyclic) bond motifs is 1. The smallest absolute Gasteiger partial charge is 0.189 e. The Morgan fingerprint density at radius 3 is 2.70 bits per heavy atom. The van der Waals surface area contributed by atoms with E-state index in [0.717, 1.165) is 0 Å². The van der Waals surface area contributed by atoms with Crippen LogP contribution in [0, 0.1) is 5.82 Å². The SMILES string of the molecule is CSc1nc(N2C=CC=C(O)C=C2)c2c(Cl)nc(Cl)c(F)c2n1. The molecule has 2 aromatic rings. The summed E-state index contributed by atoms with van der Waals surface area (Å²) >= 11 is 13.1. The lowest BCUT2D eigenvalue weighted by atomic mass is 10.2. The number of halogens is 3. The topological polar surface area (TPSA) is 62.1 Å². The molecule has 0 radical (unpaired) electrons. The minimum absolute atomic E-state index is 0.00252. The molecule has 0 bridgehead atoms. The quantitative estimate of drug-likeness (QED) is 0.477. The highest BCUT2D eigenvalue weighted by Crippen LogP contribution is 2.35. The Kier molecular flexibility index (Phi) is 4.43. The van der Waals surface area contributed by atoms with Gasteiger partial charge in [0.2, 0.25) is 0 Å². The van der Waals surface area contributed by atoms with Crippen LogP contribution in [-0.2, 0) is 0 Å². The van der Waals surface area contributed by atoms with Crippen molar-refractivity contribution in [1.82, 2.24) is 15.0 Å². The number of aliphatic hydroxyl groups excluding tert-OH is 1. The van der Waals surface area contributed by atoms with E-state index < -0.39 is 5.82 Å². The lowest BCUT2D eigenvalue weighted by Gasteiger charge is -2.17. The summed E-state index contributed by atoms with van der Waals surface area (Å²) in [6, 6.07) is 0. The molecule has 5 nitrogen and oxygen atoms in total. The highest BCUT2D eigenvalue weighted by atomic mass is 35.5. The molecule has 0 aliphatic carbocycles. The zero-order chi connectivity index (χ0) is 16.6. The van der Waals surface area contributed by atoms with Crippen LogP contribution in [-0.4, -0.2) is 26.3 Å². The van der Waals surface area contributed by atoms with Gasteiger partial charge in [-0.15, -0.1) is 0 Å². The summed E-state index contributed by atoms with van der Waals surface area (Å²) in [5.74, 6) is -0.345. The standard InChI is InChI=1S/C14H9Cl2FN4OS/c1-23-14-18-10-8(11(15)19-12(16)9(10)17)13(20-14)21-5-2-3-7(22)4-6-21/h2-6,22H,1H3. The summed E-state index contributed by atoms with van der Waals surface area (Å²) in [5.41, 5.74) is -0.00687. The van der Waals surface area contributed by atoms with Crippen LogP contribution in [0.25, 0.3) is 10.9 Å². The van der Waals surface area contributed by atoms with Gasteiger partial charge in [0.05, 0.1) is 5.39 Å². The molecule has 9 heteroatoms. The van der Waals surface area contributed by atoms with E-state index in [0.29, 0.717) is 11.0 Å². The normalized spacial score (nSPS) is 14.3. The molecule has 1 aliphatic rings. The van der Waals surface area contributed by atoms with Crippen molar-refractivity contribution in [3.63, 3.8) is 0 Å².